The Labute approximate surface area is 165 Å². The lowest BCUT2D eigenvalue weighted by Crippen LogP contribution is -2.36. The molecule has 1 aliphatic carbocycles. The molecule has 5 heteroatoms. The number of hydrogen-bond donors (Lipinski definition) is 3. The third kappa shape index (κ3) is 4.60. The Morgan fingerprint density at radius 3 is 2.71 bits per heavy atom. The van der Waals surface area contributed by atoms with Crippen LogP contribution in [0.4, 0.5) is 5.69 Å². The first-order chi connectivity index (χ1) is 13.7. The van der Waals surface area contributed by atoms with Gasteiger partial charge in [-0.2, -0.15) is 0 Å². The van der Waals surface area contributed by atoms with Gasteiger partial charge in [0, 0.05) is 24.7 Å². The molecule has 1 fully saturated rings. The van der Waals surface area contributed by atoms with Crippen molar-refractivity contribution in [2.75, 3.05) is 11.9 Å². The Bertz CT molecular complexity index is 850. The molecule has 0 radical (unpaired) electrons. The third-order valence-corrected chi connectivity index (χ3v) is 5.66. The average molecular weight is 377 g/mol. The number of nitrogens with one attached hydrogen (secondary N) is 3. The average Bonchev–Trinajstić information content (AvgIpc) is 3.36. The molecule has 2 aromatic rings. The molecule has 0 aromatic heterocycles. The van der Waals surface area contributed by atoms with E-state index in [1.165, 1.54) is 17.5 Å². The SMILES string of the molecule is O=C(CCc1ccccc1)NC1CNC(C(=O)Nc2ccc3c(c2)CCC3)C1. The van der Waals surface area contributed by atoms with Gasteiger partial charge in [0.05, 0.1) is 6.04 Å². The van der Waals surface area contributed by atoms with Gasteiger partial charge in [-0.3, -0.25) is 9.59 Å². The van der Waals surface area contributed by atoms with Gasteiger partial charge in [-0.15, -0.1) is 0 Å². The second-order valence-corrected chi connectivity index (χ2v) is 7.77. The van der Waals surface area contributed by atoms with Gasteiger partial charge in [0.2, 0.25) is 11.8 Å². The maximum absolute atomic E-state index is 12.6. The van der Waals surface area contributed by atoms with Crippen LogP contribution < -0.4 is 16.0 Å². The van der Waals surface area contributed by atoms with E-state index in [2.05, 4.69) is 28.1 Å². The van der Waals surface area contributed by atoms with Gasteiger partial charge in [-0.25, -0.2) is 0 Å². The summed E-state index contributed by atoms with van der Waals surface area (Å²) in [6.07, 6.45) is 5.25. The number of aryl methyl sites for hydroxylation is 3. The Morgan fingerprint density at radius 1 is 1.04 bits per heavy atom. The van der Waals surface area contributed by atoms with Crippen molar-refractivity contribution in [3.63, 3.8) is 0 Å². The molecule has 1 aliphatic heterocycles. The van der Waals surface area contributed by atoms with Crippen molar-refractivity contribution in [3.05, 3.63) is 65.2 Å². The van der Waals surface area contributed by atoms with E-state index in [-0.39, 0.29) is 23.9 Å². The van der Waals surface area contributed by atoms with Crippen LogP contribution in [0.3, 0.4) is 0 Å². The topological polar surface area (TPSA) is 70.2 Å². The summed E-state index contributed by atoms with van der Waals surface area (Å²) >= 11 is 0. The molecule has 0 spiro atoms. The van der Waals surface area contributed by atoms with Gasteiger partial charge in [0.1, 0.15) is 0 Å². The Kier molecular flexibility index (Phi) is 5.72. The first-order valence-electron chi connectivity index (χ1n) is 10.2. The predicted molar refractivity (Wildman–Crippen MR) is 110 cm³/mol. The molecular formula is C23H27N3O2. The van der Waals surface area contributed by atoms with Gasteiger partial charge in [0.15, 0.2) is 0 Å². The normalized spacial score (nSPS) is 20.6. The summed E-state index contributed by atoms with van der Waals surface area (Å²) in [5.41, 5.74) is 4.77. The second-order valence-electron chi connectivity index (χ2n) is 7.77. The lowest BCUT2D eigenvalue weighted by atomic mass is 10.1. The number of carbonyl (C=O) groups is 2. The highest BCUT2D eigenvalue weighted by Gasteiger charge is 2.30. The van der Waals surface area contributed by atoms with Crippen molar-refractivity contribution < 1.29 is 9.59 Å². The summed E-state index contributed by atoms with van der Waals surface area (Å²) in [6.45, 7) is 0.624. The van der Waals surface area contributed by atoms with Crippen LogP contribution >= 0.6 is 0 Å². The first kappa shape index (κ1) is 18.7. The Morgan fingerprint density at radius 2 is 1.86 bits per heavy atom. The highest BCUT2D eigenvalue weighted by molar-refractivity contribution is 5.95. The minimum Gasteiger partial charge on any atom is -0.352 e. The van der Waals surface area contributed by atoms with E-state index in [1.54, 1.807) is 0 Å². The quantitative estimate of drug-likeness (QED) is 0.725. The lowest BCUT2D eigenvalue weighted by molar-refractivity contribution is -0.122. The van der Waals surface area contributed by atoms with Crippen LogP contribution in [0.1, 0.15) is 36.0 Å². The van der Waals surface area contributed by atoms with Crippen molar-refractivity contribution in [1.82, 2.24) is 10.6 Å². The van der Waals surface area contributed by atoms with Crippen molar-refractivity contribution in [2.24, 2.45) is 0 Å². The molecule has 2 unspecified atom stereocenters. The largest absolute Gasteiger partial charge is 0.352 e. The predicted octanol–water partition coefficient (Wildman–Crippen LogP) is 2.59. The highest BCUT2D eigenvalue weighted by Crippen LogP contribution is 2.25. The van der Waals surface area contributed by atoms with E-state index in [4.69, 9.17) is 0 Å². The number of rotatable bonds is 6. The summed E-state index contributed by atoms with van der Waals surface area (Å²) in [4.78, 5) is 24.8. The molecule has 1 heterocycles. The zero-order valence-electron chi connectivity index (χ0n) is 16.0. The van der Waals surface area contributed by atoms with Crippen molar-refractivity contribution in [3.8, 4) is 0 Å². The van der Waals surface area contributed by atoms with Gasteiger partial charge in [-0.1, -0.05) is 36.4 Å². The summed E-state index contributed by atoms with van der Waals surface area (Å²) < 4.78 is 0. The molecule has 28 heavy (non-hydrogen) atoms. The van der Waals surface area contributed by atoms with E-state index in [1.807, 2.05) is 36.4 Å². The van der Waals surface area contributed by atoms with Gasteiger partial charge in [-0.05, 0) is 60.9 Å². The van der Waals surface area contributed by atoms with E-state index >= 15 is 0 Å². The molecule has 5 nitrogen and oxygen atoms in total. The van der Waals surface area contributed by atoms with Crippen LogP contribution in [0.5, 0.6) is 0 Å². The number of fused-ring (bicyclic) bond motifs is 1. The Balaban J connectivity index is 1.23. The van der Waals surface area contributed by atoms with E-state index in [9.17, 15) is 9.59 Å². The molecule has 2 aliphatic rings. The summed E-state index contributed by atoms with van der Waals surface area (Å²) in [5.74, 6) is 0.00862. The lowest BCUT2D eigenvalue weighted by Gasteiger charge is -2.13. The van der Waals surface area contributed by atoms with E-state index in [0.717, 1.165) is 30.5 Å². The molecule has 146 valence electrons. The van der Waals surface area contributed by atoms with Gasteiger partial charge in [0.25, 0.3) is 0 Å². The molecule has 2 atom stereocenters. The van der Waals surface area contributed by atoms with Crippen molar-refractivity contribution in [2.45, 2.75) is 50.6 Å². The van der Waals surface area contributed by atoms with Crippen molar-refractivity contribution >= 4 is 17.5 Å². The summed E-state index contributed by atoms with van der Waals surface area (Å²) in [7, 11) is 0. The molecule has 2 amide bonds. The maximum Gasteiger partial charge on any atom is 0.241 e. The molecular weight excluding hydrogens is 350 g/mol. The van der Waals surface area contributed by atoms with Crippen LogP contribution in [-0.2, 0) is 28.9 Å². The van der Waals surface area contributed by atoms with Crippen LogP contribution in [0.15, 0.2) is 48.5 Å². The fraction of sp³-hybridized carbons (Fsp3) is 0.391. The third-order valence-electron chi connectivity index (χ3n) is 5.66. The monoisotopic (exact) mass is 377 g/mol. The maximum atomic E-state index is 12.6. The van der Waals surface area contributed by atoms with E-state index < -0.39 is 0 Å². The number of benzene rings is 2. The van der Waals surface area contributed by atoms with Crippen LogP contribution in [-0.4, -0.2) is 30.4 Å². The molecule has 1 saturated heterocycles. The summed E-state index contributed by atoms with van der Waals surface area (Å²) in [5, 5.41) is 9.30. The van der Waals surface area contributed by atoms with Gasteiger partial charge < -0.3 is 16.0 Å². The number of anilines is 1. The zero-order chi connectivity index (χ0) is 19.3. The van der Waals surface area contributed by atoms with Gasteiger partial charge >= 0.3 is 0 Å². The number of hydrogen-bond acceptors (Lipinski definition) is 3. The molecule has 0 bridgehead atoms. The standard InChI is InChI=1S/C23H27N3O2/c27-22(12-9-16-5-2-1-3-6-16)25-20-14-21(24-15-20)23(28)26-19-11-10-17-7-4-8-18(17)13-19/h1-3,5-6,10-11,13,20-21,24H,4,7-9,12,14-15H2,(H,25,27)(H,26,28). The summed E-state index contributed by atoms with van der Waals surface area (Å²) in [6, 6.07) is 15.9. The fourth-order valence-corrected chi connectivity index (χ4v) is 4.13. The fourth-order valence-electron chi connectivity index (χ4n) is 4.13. The molecule has 4 rings (SSSR count). The zero-order valence-corrected chi connectivity index (χ0v) is 16.0. The minimum atomic E-state index is -0.271. The Hall–Kier alpha value is -2.66. The van der Waals surface area contributed by atoms with Crippen LogP contribution in [0.2, 0.25) is 0 Å². The molecule has 0 saturated carbocycles. The first-order valence-corrected chi connectivity index (χ1v) is 10.2. The smallest absolute Gasteiger partial charge is 0.241 e. The molecule has 2 aromatic carbocycles. The second kappa shape index (κ2) is 8.57. The molecule has 3 N–H and O–H groups in total. The van der Waals surface area contributed by atoms with Crippen molar-refractivity contribution in [1.29, 1.82) is 0 Å². The number of carbonyl (C=O) groups excluding carboxylic acids is 2. The highest BCUT2D eigenvalue weighted by atomic mass is 16.2. The minimum absolute atomic E-state index is 0.000885. The van der Waals surface area contributed by atoms with Crippen LogP contribution in [0.25, 0.3) is 0 Å². The van der Waals surface area contributed by atoms with E-state index in [0.29, 0.717) is 19.4 Å². The number of amides is 2. The van der Waals surface area contributed by atoms with Crippen LogP contribution in [0, 0.1) is 0 Å².